The molecule has 0 atom stereocenters. The van der Waals surface area contributed by atoms with E-state index in [9.17, 15) is 0 Å². The highest BCUT2D eigenvalue weighted by Gasteiger charge is 2.16. The topological polar surface area (TPSA) is 51.8 Å². The second-order valence-electron chi connectivity index (χ2n) is 3.52. The van der Waals surface area contributed by atoms with E-state index in [1.54, 1.807) is 19.5 Å². The number of hydrogen-bond acceptors (Lipinski definition) is 4. The van der Waals surface area contributed by atoms with Crippen molar-refractivity contribution >= 4 is 0 Å². The number of nitrogens with zero attached hydrogens (tertiary/aromatic N) is 4. The highest BCUT2D eigenvalue weighted by atomic mass is 16.5. The molecule has 5 heteroatoms. The average molecular weight is 217 g/mol. The first-order valence-electron chi connectivity index (χ1n) is 4.91. The number of methoxy groups -OCH3 is 1. The third-order valence-corrected chi connectivity index (χ3v) is 2.20. The van der Waals surface area contributed by atoms with Gasteiger partial charge in [-0.3, -0.25) is 0 Å². The van der Waals surface area contributed by atoms with E-state index >= 15 is 0 Å². The number of aryl methyl sites for hydroxylation is 2. The Balaban J connectivity index is 2.63. The van der Waals surface area contributed by atoms with Gasteiger partial charge in [-0.1, -0.05) is 9.97 Å². The second-order valence-corrected chi connectivity index (χ2v) is 3.52. The zero-order valence-electron chi connectivity index (χ0n) is 9.51. The number of rotatable bonds is 2. The molecule has 2 aromatic heterocycles. The van der Waals surface area contributed by atoms with Crippen LogP contribution in [0.5, 0.6) is 6.01 Å². The monoisotopic (exact) mass is 217 g/mol. The van der Waals surface area contributed by atoms with Crippen LogP contribution in [0, 0.1) is 13.8 Å². The molecule has 2 heterocycles. The molecule has 82 valence electrons. The molecule has 0 saturated carbocycles. The SMILES string of the molecule is COc1ncc(C)c[n+]1-c1ncncc1C. The number of aromatic nitrogens is 4. The molecule has 0 aliphatic rings. The molecular formula is C11H13N4O+. The first kappa shape index (κ1) is 10.5. The maximum Gasteiger partial charge on any atom is 0.438 e. The second kappa shape index (κ2) is 4.22. The van der Waals surface area contributed by atoms with Crippen molar-refractivity contribution in [3.8, 4) is 11.8 Å². The minimum absolute atomic E-state index is 0.507. The van der Waals surface area contributed by atoms with Gasteiger partial charge in [-0.05, 0) is 13.8 Å². The number of hydrogen-bond donors (Lipinski definition) is 0. The van der Waals surface area contributed by atoms with Crippen LogP contribution in [0.4, 0.5) is 0 Å². The molecule has 0 aliphatic heterocycles. The predicted octanol–water partition coefficient (Wildman–Crippen LogP) is 0.774. The predicted molar refractivity (Wildman–Crippen MR) is 57.4 cm³/mol. The maximum atomic E-state index is 5.20. The van der Waals surface area contributed by atoms with Crippen molar-refractivity contribution in [2.45, 2.75) is 13.8 Å². The van der Waals surface area contributed by atoms with E-state index in [1.165, 1.54) is 6.33 Å². The normalized spacial score (nSPS) is 10.2. The van der Waals surface area contributed by atoms with Crippen LogP contribution in [0.15, 0.2) is 24.9 Å². The summed E-state index contributed by atoms with van der Waals surface area (Å²) in [5, 5.41) is 0. The van der Waals surface area contributed by atoms with Crippen molar-refractivity contribution < 1.29 is 9.30 Å². The minimum atomic E-state index is 0.507. The Morgan fingerprint density at radius 1 is 1.19 bits per heavy atom. The van der Waals surface area contributed by atoms with Gasteiger partial charge in [0.2, 0.25) is 0 Å². The molecule has 2 rings (SSSR count). The lowest BCUT2D eigenvalue weighted by Crippen LogP contribution is -2.36. The van der Waals surface area contributed by atoms with E-state index in [0.29, 0.717) is 6.01 Å². The molecule has 0 N–H and O–H groups in total. The van der Waals surface area contributed by atoms with E-state index in [4.69, 9.17) is 4.74 Å². The Morgan fingerprint density at radius 2 is 2.00 bits per heavy atom. The molecular weight excluding hydrogens is 204 g/mol. The van der Waals surface area contributed by atoms with E-state index in [2.05, 4.69) is 15.0 Å². The fourth-order valence-corrected chi connectivity index (χ4v) is 1.46. The molecule has 0 unspecified atom stereocenters. The van der Waals surface area contributed by atoms with Crippen molar-refractivity contribution in [1.82, 2.24) is 15.0 Å². The van der Waals surface area contributed by atoms with E-state index in [1.807, 2.05) is 24.6 Å². The van der Waals surface area contributed by atoms with Crippen LogP contribution in [-0.2, 0) is 0 Å². The smallest absolute Gasteiger partial charge is 0.438 e. The van der Waals surface area contributed by atoms with Crippen molar-refractivity contribution in [2.75, 3.05) is 7.11 Å². The van der Waals surface area contributed by atoms with Crippen LogP contribution in [0.1, 0.15) is 11.1 Å². The van der Waals surface area contributed by atoms with Crippen LogP contribution in [0.3, 0.4) is 0 Å². The lowest BCUT2D eigenvalue weighted by molar-refractivity contribution is -0.611. The Morgan fingerprint density at radius 3 is 2.69 bits per heavy atom. The molecule has 0 spiro atoms. The van der Waals surface area contributed by atoms with Crippen LogP contribution in [0.2, 0.25) is 0 Å². The van der Waals surface area contributed by atoms with Gasteiger partial charge in [0, 0.05) is 17.3 Å². The standard InChI is InChI=1S/C11H13N4O/c1-8-4-13-11(16-3)15(6-8)10-9(2)5-12-7-14-10/h4-7H,1-3H3/q+1. The fourth-order valence-electron chi connectivity index (χ4n) is 1.46. The summed E-state index contributed by atoms with van der Waals surface area (Å²) in [6.07, 6.45) is 6.96. The first-order valence-corrected chi connectivity index (χ1v) is 4.91. The summed E-state index contributed by atoms with van der Waals surface area (Å²) in [7, 11) is 1.59. The molecule has 0 radical (unpaired) electrons. The van der Waals surface area contributed by atoms with Crippen LogP contribution >= 0.6 is 0 Å². The molecule has 0 saturated heterocycles. The molecule has 0 bridgehead atoms. The third-order valence-electron chi connectivity index (χ3n) is 2.20. The minimum Gasteiger partial charge on any atom is -0.444 e. The van der Waals surface area contributed by atoms with Gasteiger partial charge in [0.25, 0.3) is 5.82 Å². The van der Waals surface area contributed by atoms with E-state index < -0.39 is 0 Å². The highest BCUT2D eigenvalue weighted by molar-refractivity contribution is 5.21. The Hall–Kier alpha value is -2.04. The molecule has 5 nitrogen and oxygen atoms in total. The zero-order chi connectivity index (χ0) is 11.5. The van der Waals surface area contributed by atoms with Crippen molar-refractivity contribution in [3.05, 3.63) is 36.0 Å². The first-order chi connectivity index (χ1) is 7.72. The molecule has 16 heavy (non-hydrogen) atoms. The molecule has 2 aromatic rings. The van der Waals surface area contributed by atoms with Gasteiger partial charge >= 0.3 is 6.01 Å². The quantitative estimate of drug-likeness (QED) is 0.697. The molecule has 0 aliphatic carbocycles. The zero-order valence-corrected chi connectivity index (χ0v) is 9.51. The van der Waals surface area contributed by atoms with E-state index in [0.717, 1.165) is 16.9 Å². The van der Waals surface area contributed by atoms with Gasteiger partial charge in [0.15, 0.2) is 6.33 Å². The lowest BCUT2D eigenvalue weighted by atomic mass is 10.3. The molecule has 0 aromatic carbocycles. The molecule has 0 fully saturated rings. The summed E-state index contributed by atoms with van der Waals surface area (Å²) >= 11 is 0. The van der Waals surface area contributed by atoms with Crippen molar-refractivity contribution in [2.24, 2.45) is 0 Å². The summed E-state index contributed by atoms with van der Waals surface area (Å²) < 4.78 is 7.01. The number of ether oxygens (including phenoxy) is 1. The van der Waals surface area contributed by atoms with Crippen molar-refractivity contribution in [1.29, 1.82) is 0 Å². The van der Waals surface area contributed by atoms with Crippen molar-refractivity contribution in [3.63, 3.8) is 0 Å². The maximum absolute atomic E-state index is 5.20. The van der Waals surface area contributed by atoms with Gasteiger partial charge in [0.1, 0.15) is 6.20 Å². The summed E-state index contributed by atoms with van der Waals surface area (Å²) in [5.41, 5.74) is 2.01. The summed E-state index contributed by atoms with van der Waals surface area (Å²) in [4.78, 5) is 12.4. The van der Waals surface area contributed by atoms with Gasteiger partial charge in [-0.15, -0.1) is 0 Å². The fraction of sp³-hybridized carbons (Fsp3) is 0.273. The van der Waals surface area contributed by atoms with Gasteiger partial charge in [0.05, 0.1) is 13.3 Å². The van der Waals surface area contributed by atoms with Gasteiger partial charge in [-0.2, -0.15) is 4.57 Å². The Bertz CT molecular complexity index is 513. The summed E-state index contributed by atoms with van der Waals surface area (Å²) in [6, 6.07) is 0.507. The van der Waals surface area contributed by atoms with Gasteiger partial charge < -0.3 is 4.74 Å². The highest BCUT2D eigenvalue weighted by Crippen LogP contribution is 2.06. The Kier molecular flexibility index (Phi) is 2.76. The third kappa shape index (κ3) is 1.84. The van der Waals surface area contributed by atoms with Crippen LogP contribution < -0.4 is 9.30 Å². The summed E-state index contributed by atoms with van der Waals surface area (Å²) in [6.45, 7) is 3.92. The van der Waals surface area contributed by atoms with Gasteiger partial charge in [-0.25, -0.2) is 4.98 Å². The van der Waals surface area contributed by atoms with Crippen LogP contribution in [-0.4, -0.2) is 22.1 Å². The van der Waals surface area contributed by atoms with Crippen LogP contribution in [0.25, 0.3) is 5.82 Å². The average Bonchev–Trinajstić information content (AvgIpc) is 2.29. The lowest BCUT2D eigenvalue weighted by Gasteiger charge is -2.04. The largest absolute Gasteiger partial charge is 0.444 e. The Labute approximate surface area is 93.8 Å². The molecule has 0 amide bonds. The van der Waals surface area contributed by atoms with E-state index in [-0.39, 0.29) is 0 Å². The summed E-state index contributed by atoms with van der Waals surface area (Å²) in [5.74, 6) is 0.781.